The van der Waals surface area contributed by atoms with E-state index in [1.165, 1.54) is 0 Å². The van der Waals surface area contributed by atoms with Crippen molar-refractivity contribution >= 4 is 11.6 Å². The molecule has 2 aromatic carbocycles. The minimum Gasteiger partial charge on any atom is -0.507 e. The van der Waals surface area contributed by atoms with Crippen molar-refractivity contribution in [2.24, 2.45) is 5.73 Å². The zero-order valence-electron chi connectivity index (χ0n) is 11.6. The molecule has 0 aliphatic heterocycles. The Morgan fingerprint density at radius 1 is 1.25 bits per heavy atom. The van der Waals surface area contributed by atoms with Crippen molar-refractivity contribution in [3.63, 3.8) is 0 Å². The number of benzene rings is 2. The Hall–Kier alpha value is -2.33. The lowest BCUT2D eigenvalue weighted by atomic mass is 10.1. The Balaban J connectivity index is 2.28. The summed E-state index contributed by atoms with van der Waals surface area (Å²) in [6.45, 7) is 3.71. The summed E-state index contributed by atoms with van der Waals surface area (Å²) in [5, 5.41) is 12.6. The molecule has 20 heavy (non-hydrogen) atoms. The lowest BCUT2D eigenvalue weighted by Gasteiger charge is -2.14. The molecule has 0 fully saturated rings. The van der Waals surface area contributed by atoms with Crippen molar-refractivity contribution in [1.29, 1.82) is 0 Å². The number of phenolic OH excluding ortho intramolecular Hbond substituents is 1. The van der Waals surface area contributed by atoms with E-state index in [-0.39, 0.29) is 23.3 Å². The number of anilines is 1. The minimum absolute atomic E-state index is 0.0271. The van der Waals surface area contributed by atoms with Gasteiger partial charge in [-0.25, -0.2) is 0 Å². The number of hydrogen-bond donors (Lipinski definition) is 3. The summed E-state index contributed by atoms with van der Waals surface area (Å²) in [6, 6.07) is 12.1. The number of nitrogens with one attached hydrogen (secondary N) is 1. The first-order valence-corrected chi connectivity index (χ1v) is 6.44. The number of para-hydroxylation sites is 1. The molecular weight excluding hydrogens is 252 g/mol. The van der Waals surface area contributed by atoms with E-state index in [0.717, 1.165) is 11.1 Å². The van der Waals surface area contributed by atoms with Gasteiger partial charge in [-0.3, -0.25) is 4.79 Å². The smallest absolute Gasteiger partial charge is 0.259 e. The van der Waals surface area contributed by atoms with Crippen LogP contribution < -0.4 is 11.1 Å². The average molecular weight is 270 g/mol. The van der Waals surface area contributed by atoms with E-state index in [4.69, 9.17) is 5.73 Å². The summed E-state index contributed by atoms with van der Waals surface area (Å²) in [7, 11) is 0. The van der Waals surface area contributed by atoms with Gasteiger partial charge in [-0.15, -0.1) is 0 Å². The molecule has 0 radical (unpaired) electrons. The number of hydrogen-bond acceptors (Lipinski definition) is 3. The van der Waals surface area contributed by atoms with E-state index < -0.39 is 0 Å². The van der Waals surface area contributed by atoms with Crippen LogP contribution in [0.1, 0.15) is 34.5 Å². The molecule has 0 aliphatic rings. The van der Waals surface area contributed by atoms with E-state index >= 15 is 0 Å². The molecule has 0 saturated heterocycles. The molecule has 0 bridgehead atoms. The molecular formula is C16H18N2O2. The lowest BCUT2D eigenvalue weighted by Crippen LogP contribution is -2.16. The summed E-state index contributed by atoms with van der Waals surface area (Å²) < 4.78 is 0. The van der Waals surface area contributed by atoms with Crippen molar-refractivity contribution in [2.45, 2.75) is 19.9 Å². The topological polar surface area (TPSA) is 75.4 Å². The van der Waals surface area contributed by atoms with Crippen LogP contribution in [0.2, 0.25) is 0 Å². The number of carbonyl (C=O) groups is 1. The van der Waals surface area contributed by atoms with Crippen molar-refractivity contribution < 1.29 is 9.90 Å². The molecule has 1 unspecified atom stereocenters. The largest absolute Gasteiger partial charge is 0.507 e. The third-order valence-electron chi connectivity index (χ3n) is 3.10. The maximum absolute atomic E-state index is 12.2. The predicted octanol–water partition coefficient (Wildman–Crippen LogP) is 2.97. The third-order valence-corrected chi connectivity index (χ3v) is 3.10. The number of carbonyl (C=O) groups excluding carboxylic acids is 1. The van der Waals surface area contributed by atoms with E-state index in [9.17, 15) is 9.90 Å². The highest BCUT2D eigenvalue weighted by Crippen LogP contribution is 2.24. The van der Waals surface area contributed by atoms with E-state index in [0.29, 0.717) is 5.69 Å². The Bertz CT molecular complexity index is 636. The van der Waals surface area contributed by atoms with Crippen molar-refractivity contribution in [1.82, 2.24) is 0 Å². The fourth-order valence-electron chi connectivity index (χ4n) is 2.03. The van der Waals surface area contributed by atoms with Gasteiger partial charge in [-0.2, -0.15) is 0 Å². The first kappa shape index (κ1) is 14.1. The first-order chi connectivity index (χ1) is 9.49. The van der Waals surface area contributed by atoms with Crippen molar-refractivity contribution in [3.05, 3.63) is 59.2 Å². The first-order valence-electron chi connectivity index (χ1n) is 6.44. The molecule has 4 heteroatoms. The van der Waals surface area contributed by atoms with Crippen molar-refractivity contribution in [2.75, 3.05) is 5.32 Å². The number of aromatic hydroxyl groups is 1. The Morgan fingerprint density at radius 3 is 2.60 bits per heavy atom. The summed E-state index contributed by atoms with van der Waals surface area (Å²) in [5.74, 6) is -0.378. The van der Waals surface area contributed by atoms with Gasteiger partial charge >= 0.3 is 0 Å². The monoisotopic (exact) mass is 270 g/mol. The molecule has 1 atom stereocenters. The van der Waals surface area contributed by atoms with Gasteiger partial charge in [-0.05, 0) is 43.2 Å². The van der Waals surface area contributed by atoms with E-state index in [1.54, 1.807) is 24.3 Å². The molecule has 0 heterocycles. The van der Waals surface area contributed by atoms with Crippen LogP contribution >= 0.6 is 0 Å². The van der Waals surface area contributed by atoms with Crippen LogP contribution in [0.3, 0.4) is 0 Å². The van der Waals surface area contributed by atoms with Crippen LogP contribution in [0, 0.1) is 6.92 Å². The highest BCUT2D eigenvalue weighted by Gasteiger charge is 2.14. The predicted molar refractivity (Wildman–Crippen MR) is 79.8 cm³/mol. The molecule has 0 aromatic heterocycles. The average Bonchev–Trinajstić information content (AvgIpc) is 2.38. The molecule has 4 N–H and O–H groups in total. The normalized spacial score (nSPS) is 11.9. The van der Waals surface area contributed by atoms with Crippen LogP contribution in [0.15, 0.2) is 42.5 Å². The van der Waals surface area contributed by atoms with Crippen molar-refractivity contribution in [3.8, 4) is 5.75 Å². The number of phenols is 1. The standard InChI is InChI=1S/C16H18N2O2/c1-10-7-8-13(15(19)9-10)16(20)18-14-6-4-3-5-12(14)11(2)17/h3-9,11,19H,17H2,1-2H3,(H,18,20). The van der Waals surface area contributed by atoms with Crippen LogP contribution in [-0.4, -0.2) is 11.0 Å². The number of aryl methyl sites for hydroxylation is 1. The zero-order chi connectivity index (χ0) is 14.7. The third kappa shape index (κ3) is 2.97. The molecule has 0 saturated carbocycles. The Kier molecular flexibility index (Phi) is 4.05. The maximum atomic E-state index is 12.2. The number of rotatable bonds is 3. The molecule has 4 nitrogen and oxygen atoms in total. The van der Waals surface area contributed by atoms with Crippen LogP contribution in [0.4, 0.5) is 5.69 Å². The van der Waals surface area contributed by atoms with E-state index in [2.05, 4.69) is 5.32 Å². The van der Waals surface area contributed by atoms with Gasteiger partial charge < -0.3 is 16.2 Å². The fourth-order valence-corrected chi connectivity index (χ4v) is 2.03. The Morgan fingerprint density at radius 2 is 1.95 bits per heavy atom. The second kappa shape index (κ2) is 5.75. The van der Waals surface area contributed by atoms with Gasteiger partial charge in [0.15, 0.2) is 0 Å². The second-order valence-electron chi connectivity index (χ2n) is 4.85. The van der Waals surface area contributed by atoms with Gasteiger partial charge in [0.2, 0.25) is 0 Å². The fraction of sp³-hybridized carbons (Fsp3) is 0.188. The summed E-state index contributed by atoms with van der Waals surface area (Å²) in [5.41, 5.74) is 8.54. The molecule has 2 aromatic rings. The summed E-state index contributed by atoms with van der Waals surface area (Å²) >= 11 is 0. The molecule has 0 aliphatic carbocycles. The SMILES string of the molecule is Cc1ccc(C(=O)Nc2ccccc2C(C)N)c(O)c1. The number of amides is 1. The van der Waals surface area contributed by atoms with Crippen LogP contribution in [-0.2, 0) is 0 Å². The van der Waals surface area contributed by atoms with Gasteiger partial charge in [0.25, 0.3) is 5.91 Å². The van der Waals surface area contributed by atoms with Gasteiger partial charge in [0, 0.05) is 11.7 Å². The molecule has 2 rings (SSSR count). The highest BCUT2D eigenvalue weighted by molar-refractivity contribution is 6.06. The quantitative estimate of drug-likeness (QED) is 0.802. The van der Waals surface area contributed by atoms with Gasteiger partial charge in [0.1, 0.15) is 5.75 Å². The molecule has 1 amide bonds. The maximum Gasteiger partial charge on any atom is 0.259 e. The summed E-state index contributed by atoms with van der Waals surface area (Å²) in [4.78, 5) is 12.2. The molecule has 104 valence electrons. The van der Waals surface area contributed by atoms with Gasteiger partial charge in [0.05, 0.1) is 5.56 Å². The molecule has 0 spiro atoms. The highest BCUT2D eigenvalue weighted by atomic mass is 16.3. The lowest BCUT2D eigenvalue weighted by molar-refractivity contribution is 0.102. The van der Waals surface area contributed by atoms with Gasteiger partial charge in [-0.1, -0.05) is 24.3 Å². The zero-order valence-corrected chi connectivity index (χ0v) is 11.6. The van der Waals surface area contributed by atoms with Crippen LogP contribution in [0.5, 0.6) is 5.75 Å². The van der Waals surface area contributed by atoms with E-state index in [1.807, 2.05) is 32.0 Å². The summed E-state index contributed by atoms with van der Waals surface area (Å²) in [6.07, 6.45) is 0. The van der Waals surface area contributed by atoms with Crippen LogP contribution in [0.25, 0.3) is 0 Å². The Labute approximate surface area is 118 Å². The second-order valence-corrected chi connectivity index (χ2v) is 4.85. The number of nitrogens with two attached hydrogens (primary N) is 1. The minimum atomic E-state index is -0.351.